The zero-order valence-electron chi connectivity index (χ0n) is 10.5. The van der Waals surface area contributed by atoms with Crippen molar-refractivity contribution in [2.75, 3.05) is 46.4 Å². The molecule has 2 rings (SSSR count). The lowest BCUT2D eigenvalue weighted by atomic mass is 10.2. The van der Waals surface area contributed by atoms with Gasteiger partial charge in [-0.05, 0) is 6.92 Å². The molecule has 0 spiro atoms. The molecule has 1 amide bonds. The van der Waals surface area contributed by atoms with E-state index in [4.69, 9.17) is 4.74 Å². The molecule has 1 unspecified atom stereocenters. The van der Waals surface area contributed by atoms with E-state index in [2.05, 4.69) is 10.3 Å². The van der Waals surface area contributed by atoms with E-state index in [1.165, 1.54) is 0 Å². The molecule has 17 heavy (non-hydrogen) atoms. The minimum absolute atomic E-state index is 0.122. The zero-order valence-corrected chi connectivity index (χ0v) is 10.5. The van der Waals surface area contributed by atoms with Crippen LogP contribution in [0.1, 0.15) is 6.92 Å². The third-order valence-corrected chi connectivity index (χ3v) is 3.10. The number of nitrogens with zero attached hydrogens (tertiary/aromatic N) is 3. The second-order valence-corrected chi connectivity index (χ2v) is 4.43. The maximum absolute atomic E-state index is 12.1. The van der Waals surface area contributed by atoms with E-state index in [-0.39, 0.29) is 11.9 Å². The van der Waals surface area contributed by atoms with E-state index in [1.54, 1.807) is 0 Å². The number of carbonyl (C=O) groups excluding carboxylic acids is 1. The summed E-state index contributed by atoms with van der Waals surface area (Å²) in [6, 6.07) is -0.229. The van der Waals surface area contributed by atoms with Crippen LogP contribution in [-0.4, -0.2) is 74.1 Å². The predicted molar refractivity (Wildman–Crippen MR) is 64.9 cm³/mol. The Labute approximate surface area is 102 Å². The van der Waals surface area contributed by atoms with Gasteiger partial charge in [-0.25, -0.2) is 0 Å². The molecule has 2 aliphatic rings. The van der Waals surface area contributed by atoms with Crippen LogP contribution in [0, 0.1) is 0 Å². The van der Waals surface area contributed by atoms with Gasteiger partial charge in [-0.3, -0.25) is 9.79 Å². The summed E-state index contributed by atoms with van der Waals surface area (Å²) in [6.45, 7) is 6.25. The molecule has 1 saturated heterocycles. The fourth-order valence-corrected chi connectivity index (χ4v) is 2.00. The number of likely N-dealkylation sites (N-methyl/N-ethyl adjacent to an activating group) is 1. The van der Waals surface area contributed by atoms with Crippen LogP contribution in [0.5, 0.6) is 0 Å². The molecule has 6 heteroatoms. The van der Waals surface area contributed by atoms with Crippen LogP contribution >= 0.6 is 0 Å². The number of carbonyl (C=O) groups is 1. The van der Waals surface area contributed by atoms with Crippen molar-refractivity contribution in [3.63, 3.8) is 0 Å². The number of rotatable bonds is 2. The van der Waals surface area contributed by atoms with Gasteiger partial charge in [-0.15, -0.1) is 0 Å². The second kappa shape index (κ2) is 5.35. The Morgan fingerprint density at radius 3 is 2.71 bits per heavy atom. The number of aliphatic imine (C=N–C) groups is 1. The topological polar surface area (TPSA) is 57.2 Å². The van der Waals surface area contributed by atoms with Crippen LogP contribution in [0.4, 0.5) is 0 Å². The van der Waals surface area contributed by atoms with Gasteiger partial charge >= 0.3 is 0 Å². The lowest BCUT2D eigenvalue weighted by Gasteiger charge is -2.30. The Hall–Kier alpha value is -1.30. The number of amides is 1. The minimum atomic E-state index is -0.229. The third kappa shape index (κ3) is 2.88. The molecule has 2 heterocycles. The molecule has 1 N–H and O–H groups in total. The van der Waals surface area contributed by atoms with Crippen molar-refractivity contribution in [1.82, 2.24) is 15.1 Å². The second-order valence-electron chi connectivity index (χ2n) is 4.43. The smallest absolute Gasteiger partial charge is 0.245 e. The molecule has 96 valence electrons. The highest BCUT2D eigenvalue weighted by molar-refractivity contribution is 5.89. The Bertz CT molecular complexity index is 313. The number of guanidine groups is 1. The van der Waals surface area contributed by atoms with Gasteiger partial charge in [0.15, 0.2) is 5.96 Å². The number of hydrogen-bond acceptors (Lipinski definition) is 5. The number of nitrogens with one attached hydrogen (secondary N) is 1. The van der Waals surface area contributed by atoms with Crippen molar-refractivity contribution in [3.05, 3.63) is 0 Å². The Morgan fingerprint density at radius 1 is 1.41 bits per heavy atom. The molecule has 0 aliphatic carbocycles. The first-order valence-corrected chi connectivity index (χ1v) is 6.07. The third-order valence-electron chi connectivity index (χ3n) is 3.10. The average molecular weight is 240 g/mol. The fraction of sp³-hybridized carbons (Fsp3) is 0.818. The molecule has 2 aliphatic heterocycles. The molecule has 0 radical (unpaired) electrons. The van der Waals surface area contributed by atoms with Crippen LogP contribution in [0.15, 0.2) is 4.99 Å². The van der Waals surface area contributed by atoms with E-state index in [1.807, 2.05) is 23.8 Å². The van der Waals surface area contributed by atoms with E-state index in [0.29, 0.717) is 26.3 Å². The molecule has 0 aromatic rings. The molecular weight excluding hydrogens is 220 g/mol. The Balaban J connectivity index is 1.86. The first-order valence-electron chi connectivity index (χ1n) is 6.07. The van der Waals surface area contributed by atoms with Crippen molar-refractivity contribution in [2.45, 2.75) is 13.0 Å². The highest BCUT2D eigenvalue weighted by Crippen LogP contribution is 2.02. The normalized spacial score (nSPS) is 22.4. The van der Waals surface area contributed by atoms with Crippen LogP contribution in [0.25, 0.3) is 0 Å². The summed E-state index contributed by atoms with van der Waals surface area (Å²) in [5, 5.41) is 3.17. The fourth-order valence-electron chi connectivity index (χ4n) is 2.00. The van der Waals surface area contributed by atoms with Gasteiger partial charge in [0.05, 0.1) is 19.8 Å². The van der Waals surface area contributed by atoms with Gasteiger partial charge < -0.3 is 19.9 Å². The van der Waals surface area contributed by atoms with Crippen molar-refractivity contribution < 1.29 is 9.53 Å². The van der Waals surface area contributed by atoms with Gasteiger partial charge in [-0.2, -0.15) is 0 Å². The van der Waals surface area contributed by atoms with Crippen LogP contribution in [0.2, 0.25) is 0 Å². The largest absolute Gasteiger partial charge is 0.378 e. The van der Waals surface area contributed by atoms with Crippen LogP contribution in [0.3, 0.4) is 0 Å². The highest BCUT2D eigenvalue weighted by Gasteiger charge is 2.24. The SMILES string of the molecule is CC(NC1=NCCN1C)C(=O)N1CCOCC1. The van der Waals surface area contributed by atoms with Crippen molar-refractivity contribution in [1.29, 1.82) is 0 Å². The zero-order chi connectivity index (χ0) is 12.3. The summed E-state index contributed by atoms with van der Waals surface area (Å²) in [6.07, 6.45) is 0. The van der Waals surface area contributed by atoms with Crippen LogP contribution < -0.4 is 5.32 Å². The lowest BCUT2D eigenvalue weighted by molar-refractivity contribution is -0.136. The van der Waals surface area contributed by atoms with Gasteiger partial charge in [0.2, 0.25) is 5.91 Å². The van der Waals surface area contributed by atoms with E-state index >= 15 is 0 Å². The summed E-state index contributed by atoms with van der Waals surface area (Å²) in [5.41, 5.74) is 0. The maximum atomic E-state index is 12.1. The van der Waals surface area contributed by atoms with Gasteiger partial charge in [0.1, 0.15) is 6.04 Å². The van der Waals surface area contributed by atoms with Gasteiger partial charge in [0, 0.05) is 26.7 Å². The van der Waals surface area contributed by atoms with Gasteiger partial charge in [0.25, 0.3) is 0 Å². The van der Waals surface area contributed by atoms with Crippen molar-refractivity contribution >= 4 is 11.9 Å². The Morgan fingerprint density at radius 2 is 2.12 bits per heavy atom. The average Bonchev–Trinajstić information content (AvgIpc) is 2.75. The summed E-state index contributed by atoms with van der Waals surface area (Å²) >= 11 is 0. The molecule has 0 saturated carbocycles. The number of ether oxygens (including phenoxy) is 1. The minimum Gasteiger partial charge on any atom is -0.378 e. The van der Waals surface area contributed by atoms with E-state index in [0.717, 1.165) is 19.0 Å². The number of morpholine rings is 1. The lowest BCUT2D eigenvalue weighted by Crippen LogP contribution is -2.52. The monoisotopic (exact) mass is 240 g/mol. The van der Waals surface area contributed by atoms with E-state index < -0.39 is 0 Å². The van der Waals surface area contributed by atoms with Crippen LogP contribution in [-0.2, 0) is 9.53 Å². The highest BCUT2D eigenvalue weighted by atomic mass is 16.5. The molecule has 0 bridgehead atoms. The van der Waals surface area contributed by atoms with Crippen molar-refractivity contribution in [2.24, 2.45) is 4.99 Å². The predicted octanol–water partition coefficient (Wildman–Crippen LogP) is -0.875. The first-order chi connectivity index (χ1) is 8.18. The molecular formula is C11H20N4O2. The first kappa shape index (κ1) is 12.2. The standard InChI is InChI=1S/C11H20N4O2/c1-9(13-11-12-3-4-14(11)2)10(16)15-5-7-17-8-6-15/h9H,3-8H2,1-2H3,(H,12,13). The Kier molecular flexibility index (Phi) is 3.83. The molecule has 1 atom stereocenters. The quantitative estimate of drug-likeness (QED) is 0.681. The molecule has 1 fully saturated rings. The number of hydrogen-bond donors (Lipinski definition) is 1. The van der Waals surface area contributed by atoms with Crippen molar-refractivity contribution in [3.8, 4) is 0 Å². The molecule has 0 aromatic carbocycles. The summed E-state index contributed by atoms with van der Waals surface area (Å²) in [5.74, 6) is 0.940. The molecule has 6 nitrogen and oxygen atoms in total. The molecule has 0 aromatic heterocycles. The van der Waals surface area contributed by atoms with Gasteiger partial charge in [-0.1, -0.05) is 0 Å². The summed E-state index contributed by atoms with van der Waals surface area (Å²) in [4.78, 5) is 20.3. The maximum Gasteiger partial charge on any atom is 0.245 e. The van der Waals surface area contributed by atoms with E-state index in [9.17, 15) is 4.79 Å². The summed E-state index contributed by atoms with van der Waals surface area (Å²) < 4.78 is 5.23. The summed E-state index contributed by atoms with van der Waals surface area (Å²) in [7, 11) is 1.98.